The standard InChI is InChI=1S/C12H10BrN3O4/c1-7-10(13)11(16(19)20)14-15(7)6-8-2-4-9(5-3-8)12(17)18/h2-5H,6H2,1H3,(H,17,18). The fraction of sp³-hybridized carbons (Fsp3) is 0.167. The van der Waals surface area contributed by atoms with E-state index < -0.39 is 10.9 Å². The highest BCUT2D eigenvalue weighted by atomic mass is 79.9. The fourth-order valence-corrected chi connectivity index (χ4v) is 2.13. The van der Waals surface area contributed by atoms with Gasteiger partial charge in [0.1, 0.15) is 4.47 Å². The lowest BCUT2D eigenvalue weighted by molar-refractivity contribution is -0.390. The van der Waals surface area contributed by atoms with E-state index in [1.54, 1.807) is 19.1 Å². The van der Waals surface area contributed by atoms with Crippen molar-refractivity contribution in [3.8, 4) is 0 Å². The topological polar surface area (TPSA) is 98.3 Å². The summed E-state index contributed by atoms with van der Waals surface area (Å²) in [5.41, 5.74) is 1.64. The van der Waals surface area contributed by atoms with Gasteiger partial charge in [0.2, 0.25) is 0 Å². The summed E-state index contributed by atoms with van der Waals surface area (Å²) < 4.78 is 1.85. The van der Waals surface area contributed by atoms with Gasteiger partial charge in [-0.1, -0.05) is 12.1 Å². The van der Waals surface area contributed by atoms with Crippen LogP contribution in [0.1, 0.15) is 21.6 Å². The fourth-order valence-electron chi connectivity index (χ4n) is 1.70. The molecule has 0 aliphatic heterocycles. The van der Waals surface area contributed by atoms with Crippen molar-refractivity contribution in [2.24, 2.45) is 0 Å². The van der Waals surface area contributed by atoms with Crippen molar-refractivity contribution >= 4 is 27.7 Å². The number of carboxylic acid groups (broad SMARTS) is 1. The first kappa shape index (κ1) is 14.2. The Balaban J connectivity index is 2.28. The van der Waals surface area contributed by atoms with E-state index >= 15 is 0 Å². The van der Waals surface area contributed by atoms with Crippen LogP contribution in [0.25, 0.3) is 0 Å². The van der Waals surface area contributed by atoms with Crippen molar-refractivity contribution in [3.63, 3.8) is 0 Å². The van der Waals surface area contributed by atoms with E-state index in [4.69, 9.17) is 5.11 Å². The minimum atomic E-state index is -0.995. The minimum Gasteiger partial charge on any atom is -0.478 e. The van der Waals surface area contributed by atoms with Crippen molar-refractivity contribution in [3.05, 3.63) is 55.7 Å². The number of carboxylic acids is 1. The van der Waals surface area contributed by atoms with Gasteiger partial charge in [0.05, 0.1) is 22.9 Å². The number of nitro groups is 1. The van der Waals surface area contributed by atoms with Crippen LogP contribution < -0.4 is 0 Å². The van der Waals surface area contributed by atoms with E-state index in [-0.39, 0.29) is 11.4 Å². The molecule has 0 atom stereocenters. The van der Waals surface area contributed by atoms with E-state index in [1.807, 2.05) is 0 Å². The Hall–Kier alpha value is -2.22. The van der Waals surface area contributed by atoms with Gasteiger partial charge in [0, 0.05) is 0 Å². The van der Waals surface area contributed by atoms with Crippen molar-refractivity contribution in [1.82, 2.24) is 9.78 Å². The van der Waals surface area contributed by atoms with Gasteiger partial charge >= 0.3 is 11.8 Å². The maximum absolute atomic E-state index is 10.8. The summed E-state index contributed by atoms with van der Waals surface area (Å²) in [4.78, 5) is 21.0. The smallest absolute Gasteiger partial charge is 0.404 e. The van der Waals surface area contributed by atoms with Crippen LogP contribution in [0.4, 0.5) is 5.82 Å². The predicted molar refractivity (Wildman–Crippen MR) is 73.8 cm³/mol. The Bertz CT molecular complexity index is 679. The monoisotopic (exact) mass is 339 g/mol. The second-order valence-electron chi connectivity index (χ2n) is 4.14. The molecule has 20 heavy (non-hydrogen) atoms. The number of nitrogens with zero attached hydrogens (tertiary/aromatic N) is 3. The lowest BCUT2D eigenvalue weighted by atomic mass is 10.1. The molecule has 0 saturated carbocycles. The van der Waals surface area contributed by atoms with Gasteiger partial charge in [-0.3, -0.25) is 0 Å². The molecule has 0 fully saturated rings. The van der Waals surface area contributed by atoms with Gasteiger partial charge in [-0.15, -0.1) is 0 Å². The molecule has 8 heteroatoms. The molecular formula is C12H10BrN3O4. The molecule has 7 nitrogen and oxygen atoms in total. The molecule has 0 aliphatic rings. The third kappa shape index (κ3) is 2.69. The summed E-state index contributed by atoms with van der Waals surface area (Å²) in [6.07, 6.45) is 0. The first-order valence-corrected chi connectivity index (χ1v) is 6.39. The third-order valence-corrected chi connectivity index (χ3v) is 3.75. The summed E-state index contributed by atoms with van der Waals surface area (Å²) in [5, 5.41) is 23.5. The number of aromatic carboxylic acids is 1. The molecule has 0 radical (unpaired) electrons. The van der Waals surface area contributed by atoms with E-state index in [1.165, 1.54) is 16.8 Å². The molecule has 0 saturated heterocycles. The highest BCUT2D eigenvalue weighted by Crippen LogP contribution is 2.27. The Morgan fingerprint density at radius 2 is 2.05 bits per heavy atom. The van der Waals surface area contributed by atoms with Gasteiger partial charge in [-0.05, 0) is 45.5 Å². The average molecular weight is 340 g/mol. The quantitative estimate of drug-likeness (QED) is 0.681. The minimum absolute atomic E-state index is 0.193. The number of rotatable bonds is 4. The van der Waals surface area contributed by atoms with Crippen molar-refractivity contribution in [2.75, 3.05) is 0 Å². The van der Waals surface area contributed by atoms with Crippen molar-refractivity contribution in [1.29, 1.82) is 0 Å². The predicted octanol–water partition coefficient (Wildman–Crippen LogP) is 2.61. The number of benzene rings is 1. The summed E-state index contributed by atoms with van der Waals surface area (Å²) in [7, 11) is 0. The molecule has 1 heterocycles. The summed E-state index contributed by atoms with van der Waals surface area (Å²) in [5.74, 6) is -1.23. The lowest BCUT2D eigenvalue weighted by Gasteiger charge is -2.01. The highest BCUT2D eigenvalue weighted by molar-refractivity contribution is 9.10. The van der Waals surface area contributed by atoms with Crippen LogP contribution in [0.5, 0.6) is 0 Å². The zero-order chi connectivity index (χ0) is 14.9. The molecule has 0 spiro atoms. The van der Waals surface area contributed by atoms with E-state index in [0.717, 1.165) is 5.56 Å². The largest absolute Gasteiger partial charge is 0.478 e. The normalized spacial score (nSPS) is 10.5. The third-order valence-electron chi connectivity index (χ3n) is 2.82. The van der Waals surface area contributed by atoms with Gasteiger partial charge in [-0.2, -0.15) is 4.68 Å². The summed E-state index contributed by atoms with van der Waals surface area (Å²) >= 11 is 3.14. The maximum atomic E-state index is 10.8. The van der Waals surface area contributed by atoms with Gasteiger partial charge in [-0.25, -0.2) is 4.79 Å². The van der Waals surface area contributed by atoms with E-state index in [9.17, 15) is 14.9 Å². The van der Waals surface area contributed by atoms with Gasteiger partial charge < -0.3 is 15.2 Å². The Labute approximate surface area is 122 Å². The molecular weight excluding hydrogens is 330 g/mol. The molecule has 0 bridgehead atoms. The first-order valence-electron chi connectivity index (χ1n) is 5.59. The van der Waals surface area contributed by atoms with Crippen LogP contribution >= 0.6 is 15.9 Å². The average Bonchev–Trinajstić information content (AvgIpc) is 2.68. The van der Waals surface area contributed by atoms with Crippen molar-refractivity contribution in [2.45, 2.75) is 13.5 Å². The number of hydrogen-bond donors (Lipinski definition) is 1. The van der Waals surface area contributed by atoms with Crippen LogP contribution in [0, 0.1) is 17.0 Å². The molecule has 1 aromatic heterocycles. The Kier molecular flexibility index (Phi) is 3.84. The van der Waals surface area contributed by atoms with Crippen LogP contribution in [-0.4, -0.2) is 25.8 Å². The zero-order valence-electron chi connectivity index (χ0n) is 10.4. The lowest BCUT2D eigenvalue weighted by Crippen LogP contribution is -2.05. The summed E-state index contributed by atoms with van der Waals surface area (Å²) in [6.45, 7) is 2.05. The number of aromatic nitrogens is 2. The number of carbonyl (C=O) groups is 1. The molecule has 0 unspecified atom stereocenters. The number of halogens is 1. The Morgan fingerprint density at radius 1 is 1.45 bits per heavy atom. The van der Waals surface area contributed by atoms with Crippen molar-refractivity contribution < 1.29 is 14.8 Å². The second kappa shape index (κ2) is 5.41. The van der Waals surface area contributed by atoms with Crippen LogP contribution in [-0.2, 0) is 6.54 Å². The van der Waals surface area contributed by atoms with Gasteiger partial charge in [0.25, 0.3) is 0 Å². The van der Waals surface area contributed by atoms with Crippen LogP contribution in [0.15, 0.2) is 28.7 Å². The second-order valence-corrected chi connectivity index (χ2v) is 4.93. The van der Waals surface area contributed by atoms with Crippen LogP contribution in [0.3, 0.4) is 0 Å². The van der Waals surface area contributed by atoms with Gasteiger partial charge in [0.15, 0.2) is 0 Å². The van der Waals surface area contributed by atoms with Crippen LogP contribution in [0.2, 0.25) is 0 Å². The Morgan fingerprint density at radius 3 is 2.50 bits per heavy atom. The molecule has 1 aromatic carbocycles. The SMILES string of the molecule is Cc1c(Br)c([N+](=O)[O-])nn1Cc1ccc(C(=O)O)cc1. The highest BCUT2D eigenvalue weighted by Gasteiger charge is 2.23. The molecule has 104 valence electrons. The molecule has 2 aromatic rings. The first-order chi connectivity index (χ1) is 9.40. The molecule has 2 rings (SSSR count). The summed E-state index contributed by atoms with van der Waals surface area (Å²) in [6, 6.07) is 6.29. The van der Waals surface area contributed by atoms with E-state index in [0.29, 0.717) is 16.7 Å². The maximum Gasteiger partial charge on any atom is 0.404 e. The molecule has 1 N–H and O–H groups in total. The molecule has 0 amide bonds. The molecule has 0 aliphatic carbocycles. The number of hydrogen-bond acceptors (Lipinski definition) is 4. The zero-order valence-corrected chi connectivity index (χ0v) is 12.0. The van der Waals surface area contributed by atoms with E-state index in [2.05, 4.69) is 21.0 Å².